The number of aliphatic hydroxyl groups excluding tert-OH is 1. The van der Waals surface area contributed by atoms with Crippen molar-refractivity contribution in [3.8, 4) is 11.1 Å². The second-order valence-corrected chi connectivity index (χ2v) is 10.7. The number of furan rings is 1. The van der Waals surface area contributed by atoms with Gasteiger partial charge in [-0.2, -0.15) is 0 Å². The number of nitrogens with zero attached hydrogens (tertiary/aromatic N) is 1. The second kappa shape index (κ2) is 12.5. The van der Waals surface area contributed by atoms with Gasteiger partial charge in [0.05, 0.1) is 5.69 Å². The van der Waals surface area contributed by atoms with E-state index in [0.717, 1.165) is 31.9 Å². The molecular weight excluding hydrogens is 532 g/mol. The molecule has 40 heavy (non-hydrogen) atoms. The molecule has 1 heterocycles. The van der Waals surface area contributed by atoms with Crippen molar-refractivity contribution >= 4 is 45.5 Å². The summed E-state index contributed by atoms with van der Waals surface area (Å²) in [6.07, 6.45) is 1.31. The number of benzene rings is 3. The van der Waals surface area contributed by atoms with Crippen LogP contribution in [0.15, 0.2) is 71.1 Å². The van der Waals surface area contributed by atoms with Gasteiger partial charge in [-0.3, -0.25) is 13.7 Å². The maximum atomic E-state index is 13.1. The minimum absolute atomic E-state index is 0.0894. The molecule has 0 aliphatic rings. The van der Waals surface area contributed by atoms with Crippen LogP contribution in [-0.4, -0.2) is 43.5 Å². The monoisotopic (exact) mass is 564 g/mol. The molecule has 0 radical (unpaired) electrons. The number of rotatable bonds is 11. The molecule has 210 valence electrons. The number of amides is 1. The summed E-state index contributed by atoms with van der Waals surface area (Å²) in [6.45, 7) is 5.30. The van der Waals surface area contributed by atoms with Gasteiger partial charge in [0.25, 0.3) is 17.2 Å². The maximum absolute atomic E-state index is 13.1. The van der Waals surface area contributed by atoms with Gasteiger partial charge in [0, 0.05) is 23.2 Å². The molecule has 4 N–H and O–H groups in total. The van der Waals surface area contributed by atoms with Crippen LogP contribution in [0.1, 0.15) is 41.9 Å². The van der Waals surface area contributed by atoms with Gasteiger partial charge in [0.15, 0.2) is 5.76 Å². The summed E-state index contributed by atoms with van der Waals surface area (Å²) in [5.74, 6) is -1.71. The molecule has 3 aromatic carbocycles. The number of hydrogen-bond acceptors (Lipinski definition) is 5. The van der Waals surface area contributed by atoms with Gasteiger partial charge in [-0.1, -0.05) is 50.2 Å². The number of fused-ring (bicyclic) bond motifs is 1. The fourth-order valence-electron chi connectivity index (χ4n) is 4.82. The van der Waals surface area contributed by atoms with Crippen LogP contribution in [0.2, 0.25) is 0 Å². The summed E-state index contributed by atoms with van der Waals surface area (Å²) in [5.41, 5.74) is 4.95. The molecular formula is C30H32N2O7S. The summed E-state index contributed by atoms with van der Waals surface area (Å²) >= 11 is -2.52. The van der Waals surface area contributed by atoms with Gasteiger partial charge in [0.2, 0.25) is 0 Å². The number of aliphatic hydroxyl groups is 1. The molecule has 0 saturated carbocycles. The summed E-state index contributed by atoms with van der Waals surface area (Å²) in [5, 5.41) is 22.6. The van der Waals surface area contributed by atoms with Crippen LogP contribution in [0.25, 0.3) is 22.1 Å². The highest BCUT2D eigenvalue weighted by molar-refractivity contribution is 7.80. The van der Waals surface area contributed by atoms with Crippen LogP contribution in [0.5, 0.6) is 0 Å². The largest absolute Gasteiger partial charge is 0.480 e. The van der Waals surface area contributed by atoms with Crippen molar-refractivity contribution in [2.45, 2.75) is 39.7 Å². The highest BCUT2D eigenvalue weighted by Gasteiger charge is 2.32. The first kappa shape index (κ1) is 29.0. The molecule has 1 amide bonds. The smallest absolute Gasteiger partial charge is 0.327 e. The Morgan fingerprint density at radius 1 is 1.00 bits per heavy atom. The zero-order chi connectivity index (χ0) is 29.0. The third-order valence-corrected chi connectivity index (χ3v) is 7.53. The molecule has 1 aromatic heterocycles. The van der Waals surface area contributed by atoms with Gasteiger partial charge in [-0.05, 0) is 72.7 Å². The number of aliphatic carboxylic acids is 1. The summed E-state index contributed by atoms with van der Waals surface area (Å²) < 4.78 is 28.6. The fraction of sp³-hybridized carbons (Fsp3) is 0.267. The molecule has 0 aliphatic carbocycles. The van der Waals surface area contributed by atoms with Gasteiger partial charge in [-0.15, -0.1) is 0 Å². The first-order chi connectivity index (χ1) is 19.1. The minimum Gasteiger partial charge on any atom is -0.480 e. The number of carbonyl (C=O) groups is 2. The number of nitrogens with one attached hydrogen (secondary N) is 1. The van der Waals surface area contributed by atoms with Crippen molar-refractivity contribution in [3.05, 3.63) is 83.6 Å². The van der Waals surface area contributed by atoms with Crippen LogP contribution in [0.3, 0.4) is 0 Å². The lowest BCUT2D eigenvalue weighted by molar-refractivity contribution is -0.139. The fourth-order valence-corrected chi connectivity index (χ4v) is 5.65. The van der Waals surface area contributed by atoms with E-state index in [1.54, 1.807) is 50.2 Å². The number of aryl methyl sites for hydroxylation is 2. The SMILES string of the molecule is Cc1c(C(=O)Nc2ccc(-c3ccc(N(C(C(=O)O)C(C)C)S(=O)O)cc3)cc2)oc2cccc(CCCO)c12. The minimum atomic E-state index is -2.52. The Bertz CT molecular complexity index is 1530. The Morgan fingerprint density at radius 3 is 2.17 bits per heavy atom. The van der Waals surface area contributed by atoms with E-state index in [4.69, 9.17) is 4.42 Å². The molecule has 0 aliphatic heterocycles. The molecule has 4 rings (SSSR count). The topological polar surface area (TPSA) is 140 Å². The van der Waals surface area contributed by atoms with Crippen molar-refractivity contribution in [3.63, 3.8) is 0 Å². The Hall–Kier alpha value is -3.99. The molecule has 10 heteroatoms. The number of carboxylic acids is 1. The van der Waals surface area contributed by atoms with Gasteiger partial charge >= 0.3 is 5.97 Å². The van der Waals surface area contributed by atoms with Crippen molar-refractivity contribution in [1.29, 1.82) is 0 Å². The van der Waals surface area contributed by atoms with Crippen molar-refractivity contribution in [2.24, 2.45) is 5.92 Å². The van der Waals surface area contributed by atoms with Crippen LogP contribution >= 0.6 is 0 Å². The van der Waals surface area contributed by atoms with Crippen molar-refractivity contribution in [2.75, 3.05) is 16.2 Å². The number of hydrogen-bond donors (Lipinski definition) is 4. The molecule has 0 spiro atoms. The summed E-state index contributed by atoms with van der Waals surface area (Å²) in [4.78, 5) is 24.8. The molecule has 0 fully saturated rings. The maximum Gasteiger partial charge on any atom is 0.327 e. The van der Waals surface area contributed by atoms with E-state index in [2.05, 4.69) is 5.32 Å². The van der Waals surface area contributed by atoms with Crippen molar-refractivity contribution < 1.29 is 33.0 Å². The zero-order valence-corrected chi connectivity index (χ0v) is 23.3. The highest BCUT2D eigenvalue weighted by atomic mass is 32.2. The predicted octanol–water partition coefficient (Wildman–Crippen LogP) is 5.64. The van der Waals surface area contributed by atoms with E-state index < -0.39 is 29.2 Å². The lowest BCUT2D eigenvalue weighted by Crippen LogP contribution is -2.45. The molecule has 2 unspecified atom stereocenters. The van der Waals surface area contributed by atoms with Crippen LogP contribution < -0.4 is 9.62 Å². The number of anilines is 2. The van der Waals surface area contributed by atoms with Gasteiger partial charge in [0.1, 0.15) is 11.6 Å². The molecule has 9 nitrogen and oxygen atoms in total. The lowest BCUT2D eigenvalue weighted by Gasteiger charge is -2.29. The average Bonchev–Trinajstić information content (AvgIpc) is 3.27. The Kier molecular flexibility index (Phi) is 9.03. The molecule has 0 bridgehead atoms. The Labute approximate surface area is 234 Å². The highest BCUT2D eigenvalue weighted by Crippen LogP contribution is 2.31. The second-order valence-electron chi connectivity index (χ2n) is 9.84. The van der Waals surface area contributed by atoms with E-state index in [9.17, 15) is 28.6 Å². The molecule has 0 saturated heterocycles. The normalized spacial score (nSPS) is 12.8. The quantitative estimate of drug-likeness (QED) is 0.173. The van der Waals surface area contributed by atoms with E-state index in [1.807, 2.05) is 37.3 Å². The molecule has 2 atom stereocenters. The van der Waals surface area contributed by atoms with Crippen molar-refractivity contribution in [1.82, 2.24) is 0 Å². The van der Waals surface area contributed by atoms with Gasteiger partial charge < -0.3 is 19.9 Å². The first-order valence-electron chi connectivity index (χ1n) is 12.9. The third kappa shape index (κ3) is 6.09. The van der Waals surface area contributed by atoms with Crippen LogP contribution in [0.4, 0.5) is 11.4 Å². The van der Waals surface area contributed by atoms with E-state index in [1.165, 1.54) is 0 Å². The summed E-state index contributed by atoms with van der Waals surface area (Å²) in [6, 6.07) is 18.4. The number of carboxylic acid groups (broad SMARTS) is 1. The lowest BCUT2D eigenvalue weighted by atomic mass is 10.0. The van der Waals surface area contributed by atoms with Crippen LogP contribution in [-0.2, 0) is 22.5 Å². The molecule has 4 aromatic rings. The van der Waals surface area contributed by atoms with Crippen LogP contribution in [0, 0.1) is 12.8 Å². The van der Waals surface area contributed by atoms with E-state index >= 15 is 0 Å². The average molecular weight is 565 g/mol. The zero-order valence-electron chi connectivity index (χ0n) is 22.5. The number of carbonyl (C=O) groups excluding carboxylic acids is 1. The van der Waals surface area contributed by atoms with E-state index in [0.29, 0.717) is 29.8 Å². The first-order valence-corrected chi connectivity index (χ1v) is 14.0. The summed E-state index contributed by atoms with van der Waals surface area (Å²) in [7, 11) is 0. The Balaban J connectivity index is 1.51. The van der Waals surface area contributed by atoms with Gasteiger partial charge in [-0.25, -0.2) is 9.00 Å². The standard InChI is InChI=1S/C30H32N2O7S/c1-18(2)27(30(35)36)32(40(37)38)24-15-11-21(12-16-24)20-9-13-23(14-10-20)31-29(34)28-19(3)26-22(7-5-17-33)6-4-8-25(26)39-28/h4,6,8-16,18,27,33H,5,7,17H2,1-3H3,(H,31,34)(H,35,36)(H,37,38). The predicted molar refractivity (Wildman–Crippen MR) is 156 cm³/mol. The third-order valence-electron chi connectivity index (χ3n) is 6.75. The Morgan fingerprint density at radius 2 is 1.62 bits per heavy atom. The van der Waals surface area contributed by atoms with E-state index in [-0.39, 0.29) is 18.3 Å².